The molecule has 38 heavy (non-hydrogen) atoms. The number of allylic oxidation sites excluding steroid dienone is 1. The van der Waals surface area contributed by atoms with E-state index in [1.54, 1.807) is 31.6 Å². The van der Waals surface area contributed by atoms with Gasteiger partial charge in [0.1, 0.15) is 17.5 Å². The molecule has 0 spiro atoms. The fourth-order valence-electron chi connectivity index (χ4n) is 4.62. The molecule has 10 heteroatoms. The van der Waals surface area contributed by atoms with Crippen molar-refractivity contribution in [2.24, 2.45) is 4.99 Å². The third kappa shape index (κ3) is 4.66. The first kappa shape index (κ1) is 26.9. The van der Waals surface area contributed by atoms with Gasteiger partial charge < -0.3 is 14.6 Å². The molecule has 0 saturated heterocycles. The van der Waals surface area contributed by atoms with E-state index in [4.69, 9.17) is 9.47 Å². The van der Waals surface area contributed by atoms with Gasteiger partial charge >= 0.3 is 5.97 Å². The highest BCUT2D eigenvalue weighted by molar-refractivity contribution is 14.1. The molecule has 1 N–H and O–H groups in total. The van der Waals surface area contributed by atoms with Crippen LogP contribution in [0.25, 0.3) is 16.8 Å². The number of hydrogen-bond donors (Lipinski definition) is 1. The number of methoxy groups -OCH3 is 1. The first-order chi connectivity index (χ1) is 18.2. The number of aromatic hydroxyl groups is 1. The number of thiazole rings is 1. The van der Waals surface area contributed by atoms with Gasteiger partial charge in [-0.05, 0) is 99.6 Å². The van der Waals surface area contributed by atoms with Crippen molar-refractivity contribution < 1.29 is 19.4 Å². The monoisotopic (exact) mass is 752 g/mol. The lowest BCUT2D eigenvalue weighted by Gasteiger charge is -2.27. The highest BCUT2D eigenvalue weighted by Gasteiger charge is 2.36. The molecule has 7 nitrogen and oxygen atoms in total. The summed E-state index contributed by atoms with van der Waals surface area (Å²) < 4.78 is 14.6. The zero-order valence-electron chi connectivity index (χ0n) is 20.6. The Kier molecular flexibility index (Phi) is 7.65. The SMILES string of the molecule is CCOC(=O)C1=C(C)N=c2s/c(=C\c3cc(I)c(O)c(I)c3)c(=O)n2[C@@H]1c1c(OC)ccc2ccccc12. The third-order valence-electron chi connectivity index (χ3n) is 6.28. The molecule has 2 heterocycles. The second-order valence-electron chi connectivity index (χ2n) is 8.54. The number of fused-ring (bicyclic) bond motifs is 2. The Morgan fingerprint density at radius 2 is 1.89 bits per heavy atom. The van der Waals surface area contributed by atoms with E-state index in [1.807, 2.05) is 48.5 Å². The molecule has 1 atom stereocenters. The molecule has 194 valence electrons. The molecule has 0 bridgehead atoms. The summed E-state index contributed by atoms with van der Waals surface area (Å²) >= 11 is 5.39. The molecule has 1 aliphatic heterocycles. The van der Waals surface area contributed by atoms with Crippen LogP contribution < -0.4 is 19.6 Å². The van der Waals surface area contributed by atoms with E-state index < -0.39 is 12.0 Å². The fraction of sp³-hybridized carbons (Fsp3) is 0.179. The van der Waals surface area contributed by atoms with Gasteiger partial charge in [0.2, 0.25) is 0 Å². The number of carbonyl (C=O) groups excluding carboxylic acids is 1. The average Bonchev–Trinajstić information content (AvgIpc) is 3.19. The molecular weight excluding hydrogens is 730 g/mol. The van der Waals surface area contributed by atoms with E-state index >= 15 is 0 Å². The van der Waals surface area contributed by atoms with Gasteiger partial charge in [0, 0.05) is 5.56 Å². The molecule has 0 fully saturated rings. The van der Waals surface area contributed by atoms with Crippen LogP contribution >= 0.6 is 56.5 Å². The summed E-state index contributed by atoms with van der Waals surface area (Å²) in [4.78, 5) is 32.5. The highest BCUT2D eigenvalue weighted by atomic mass is 127. The summed E-state index contributed by atoms with van der Waals surface area (Å²) in [5.41, 5.74) is 1.99. The second-order valence-corrected chi connectivity index (χ2v) is 11.9. The molecule has 0 unspecified atom stereocenters. The van der Waals surface area contributed by atoms with Crippen LogP contribution in [0, 0.1) is 7.14 Å². The minimum Gasteiger partial charge on any atom is -0.506 e. The average molecular weight is 752 g/mol. The van der Waals surface area contributed by atoms with Crippen molar-refractivity contribution in [3.63, 3.8) is 0 Å². The van der Waals surface area contributed by atoms with E-state index in [-0.39, 0.29) is 17.9 Å². The quantitative estimate of drug-likeness (QED) is 0.232. The Balaban J connectivity index is 1.84. The van der Waals surface area contributed by atoms with Gasteiger partial charge in [-0.3, -0.25) is 9.36 Å². The zero-order valence-corrected chi connectivity index (χ0v) is 25.8. The van der Waals surface area contributed by atoms with Crippen molar-refractivity contribution >= 4 is 79.3 Å². The maximum Gasteiger partial charge on any atom is 0.338 e. The molecule has 0 aliphatic carbocycles. The van der Waals surface area contributed by atoms with Crippen LogP contribution in [0.15, 0.2) is 69.6 Å². The molecule has 1 aliphatic rings. The summed E-state index contributed by atoms with van der Waals surface area (Å²) in [5, 5.41) is 12.0. The van der Waals surface area contributed by atoms with E-state index in [2.05, 4.69) is 50.2 Å². The van der Waals surface area contributed by atoms with Crippen molar-refractivity contribution in [1.29, 1.82) is 0 Å². The van der Waals surface area contributed by atoms with Gasteiger partial charge in [-0.1, -0.05) is 41.7 Å². The highest BCUT2D eigenvalue weighted by Crippen LogP contribution is 2.40. The lowest BCUT2D eigenvalue weighted by Crippen LogP contribution is -2.40. The van der Waals surface area contributed by atoms with Crippen molar-refractivity contribution in [2.45, 2.75) is 19.9 Å². The molecule has 3 aromatic carbocycles. The molecule has 0 saturated carbocycles. The number of nitrogens with zero attached hydrogens (tertiary/aromatic N) is 2. The molecule has 1 aromatic heterocycles. The molecular formula is C28H22I2N2O5S. The van der Waals surface area contributed by atoms with Gasteiger partial charge in [-0.2, -0.15) is 0 Å². The minimum absolute atomic E-state index is 0.192. The van der Waals surface area contributed by atoms with Gasteiger partial charge in [0.15, 0.2) is 4.80 Å². The summed E-state index contributed by atoms with van der Waals surface area (Å²) in [6.45, 7) is 3.70. The second kappa shape index (κ2) is 10.8. The van der Waals surface area contributed by atoms with Crippen LogP contribution in [0.5, 0.6) is 11.5 Å². The van der Waals surface area contributed by atoms with Crippen LogP contribution in [-0.2, 0) is 9.53 Å². The Bertz CT molecular complexity index is 1800. The van der Waals surface area contributed by atoms with Gasteiger partial charge in [-0.15, -0.1) is 0 Å². The first-order valence-electron chi connectivity index (χ1n) is 11.7. The number of benzene rings is 3. The lowest BCUT2D eigenvalue weighted by atomic mass is 9.90. The van der Waals surface area contributed by atoms with Crippen LogP contribution in [0.4, 0.5) is 0 Å². The number of hydrogen-bond acceptors (Lipinski definition) is 7. The van der Waals surface area contributed by atoms with E-state index in [9.17, 15) is 14.7 Å². The van der Waals surface area contributed by atoms with Crippen molar-refractivity contribution in [3.05, 3.63) is 97.8 Å². The number of phenols is 1. The molecule has 0 amide bonds. The molecule has 0 radical (unpaired) electrons. The zero-order chi connectivity index (χ0) is 27.1. The maximum atomic E-state index is 14.0. The van der Waals surface area contributed by atoms with Gasteiger partial charge in [0.05, 0.1) is 36.7 Å². The van der Waals surface area contributed by atoms with Gasteiger partial charge in [-0.25, -0.2) is 9.79 Å². The van der Waals surface area contributed by atoms with Crippen molar-refractivity contribution in [2.75, 3.05) is 13.7 Å². The Hall–Kier alpha value is -2.71. The topological polar surface area (TPSA) is 90.1 Å². The van der Waals surface area contributed by atoms with E-state index in [1.165, 1.54) is 11.3 Å². The van der Waals surface area contributed by atoms with E-state index in [0.717, 1.165) is 16.3 Å². The number of carbonyl (C=O) groups is 1. The number of esters is 1. The standard InChI is InChI=1S/C28H22I2N2O5S/c1-4-37-27(35)22-14(2)31-28-32(24(22)23-17-8-6-5-7-16(17)9-10-20(23)36-3)26(34)21(38-28)13-15-11-18(29)25(33)19(30)12-15/h5-13,24,33H,4H2,1-3H3/b21-13-/t24-/m0/s1. The normalized spacial score (nSPS) is 15.4. The molecule has 4 aromatic rings. The number of ether oxygens (including phenoxy) is 2. The minimum atomic E-state index is -0.798. The Morgan fingerprint density at radius 1 is 1.18 bits per heavy atom. The predicted molar refractivity (Wildman–Crippen MR) is 164 cm³/mol. The summed E-state index contributed by atoms with van der Waals surface area (Å²) in [7, 11) is 1.58. The number of halogens is 2. The van der Waals surface area contributed by atoms with Crippen molar-refractivity contribution in [1.82, 2.24) is 4.57 Å². The predicted octanol–water partition coefficient (Wildman–Crippen LogP) is 4.87. The largest absolute Gasteiger partial charge is 0.506 e. The summed E-state index contributed by atoms with van der Waals surface area (Å²) in [6.07, 6.45) is 1.79. The molecule has 5 rings (SSSR count). The van der Waals surface area contributed by atoms with Gasteiger partial charge in [0.25, 0.3) is 5.56 Å². The summed E-state index contributed by atoms with van der Waals surface area (Å²) in [6, 6.07) is 14.4. The summed E-state index contributed by atoms with van der Waals surface area (Å²) in [5.74, 6) is 0.246. The Morgan fingerprint density at radius 3 is 2.58 bits per heavy atom. The van der Waals surface area contributed by atoms with E-state index in [0.29, 0.717) is 39.1 Å². The maximum absolute atomic E-state index is 14.0. The number of phenolic OH excluding ortho intramolecular Hbond substituents is 1. The smallest absolute Gasteiger partial charge is 0.338 e. The van der Waals surface area contributed by atoms with Crippen LogP contribution in [0.2, 0.25) is 0 Å². The Labute approximate surface area is 249 Å². The first-order valence-corrected chi connectivity index (χ1v) is 14.7. The third-order valence-corrected chi connectivity index (χ3v) is 8.91. The number of aromatic nitrogens is 1. The number of rotatable bonds is 5. The van der Waals surface area contributed by atoms with Crippen LogP contribution in [0.1, 0.15) is 31.0 Å². The van der Waals surface area contributed by atoms with Crippen LogP contribution in [0.3, 0.4) is 0 Å². The fourth-order valence-corrected chi connectivity index (χ4v) is 7.48. The van der Waals surface area contributed by atoms with Crippen LogP contribution in [-0.4, -0.2) is 29.4 Å². The van der Waals surface area contributed by atoms with Crippen molar-refractivity contribution in [3.8, 4) is 11.5 Å². The lowest BCUT2D eigenvalue weighted by molar-refractivity contribution is -0.139.